The Kier molecular flexibility index (Phi) is 7.89. The fourth-order valence-electron chi connectivity index (χ4n) is 4.54. The van der Waals surface area contributed by atoms with Crippen LogP contribution in [0.25, 0.3) is 9.40 Å². The number of thiophene rings is 1. The van der Waals surface area contributed by atoms with Crippen LogP contribution in [-0.4, -0.2) is 33.9 Å². The minimum absolute atomic E-state index is 0.0830. The van der Waals surface area contributed by atoms with E-state index in [4.69, 9.17) is 22.1 Å². The van der Waals surface area contributed by atoms with Crippen LogP contribution in [0.3, 0.4) is 0 Å². The van der Waals surface area contributed by atoms with Gasteiger partial charge in [0, 0.05) is 11.8 Å². The van der Waals surface area contributed by atoms with Crippen LogP contribution in [0.5, 0.6) is 0 Å². The first-order valence-electron chi connectivity index (χ1n) is 12.2. The van der Waals surface area contributed by atoms with Crippen molar-refractivity contribution in [2.24, 2.45) is 5.73 Å². The van der Waals surface area contributed by atoms with Crippen molar-refractivity contribution in [2.45, 2.75) is 21.7 Å². The molecule has 2 aliphatic rings. The van der Waals surface area contributed by atoms with Crippen LogP contribution >= 0.6 is 57.8 Å². The summed E-state index contributed by atoms with van der Waals surface area (Å²) in [4.78, 5) is 40.6. The van der Waals surface area contributed by atoms with Gasteiger partial charge in [0.05, 0.1) is 17.9 Å². The number of halogens is 1. The van der Waals surface area contributed by atoms with Crippen molar-refractivity contribution in [1.29, 1.82) is 0 Å². The second-order valence-electron chi connectivity index (χ2n) is 9.02. The number of amides is 1. The Morgan fingerprint density at radius 2 is 1.73 bits per heavy atom. The number of nitrogens with zero attached hydrogens (tertiary/aromatic N) is 1. The van der Waals surface area contributed by atoms with E-state index in [9.17, 15) is 14.4 Å². The summed E-state index contributed by atoms with van der Waals surface area (Å²) >= 11 is 11.8. The molecule has 1 amide bonds. The average molecular weight is 625 g/mol. The van der Waals surface area contributed by atoms with Crippen LogP contribution in [0.15, 0.2) is 105 Å². The zero-order chi connectivity index (χ0) is 27.8. The van der Waals surface area contributed by atoms with Gasteiger partial charge >= 0.3 is 5.97 Å². The maximum atomic E-state index is 13.8. The number of thioether (sulfide) groups is 2. The molecule has 0 radical (unpaired) electrons. The molecule has 11 heteroatoms. The van der Waals surface area contributed by atoms with Crippen LogP contribution in [-0.2, 0) is 14.3 Å². The number of nitrogens with two attached hydrogens (primary N) is 1. The van der Waals surface area contributed by atoms with Gasteiger partial charge in [-0.2, -0.15) is 0 Å². The van der Waals surface area contributed by atoms with Crippen LogP contribution < -0.4 is 11.2 Å². The molecule has 40 heavy (non-hydrogen) atoms. The third-order valence-corrected chi connectivity index (χ3v) is 11.3. The molecule has 2 aliphatic heterocycles. The number of rotatable bonds is 7. The van der Waals surface area contributed by atoms with Crippen LogP contribution in [0.1, 0.15) is 17.2 Å². The van der Waals surface area contributed by atoms with Gasteiger partial charge in [-0.05, 0) is 34.3 Å². The Labute approximate surface area is 251 Å². The van der Waals surface area contributed by atoms with E-state index in [1.807, 2.05) is 72.1 Å². The molecule has 4 aromatic rings. The number of β-lactam (4-membered cyclic amide) rings is 1. The molecule has 2 N–H and O–H groups in total. The Morgan fingerprint density at radius 1 is 1.05 bits per heavy atom. The second kappa shape index (κ2) is 11.6. The lowest BCUT2D eigenvalue weighted by molar-refractivity contribution is -0.153. The molecule has 2 aromatic carbocycles. The maximum absolute atomic E-state index is 13.8. The third kappa shape index (κ3) is 5.27. The van der Waals surface area contributed by atoms with Crippen LogP contribution in [0, 0.1) is 0 Å². The fourth-order valence-corrected chi connectivity index (χ4v) is 9.54. The lowest BCUT2D eigenvalue weighted by Gasteiger charge is -2.48. The fraction of sp³-hybridized carbons (Fsp3) is 0.138. The van der Waals surface area contributed by atoms with Crippen molar-refractivity contribution < 1.29 is 14.3 Å². The first-order valence-corrected chi connectivity index (χ1v) is 16.2. The Bertz CT molecular complexity index is 1680. The number of fused-ring (bicyclic) bond motifs is 2. The highest BCUT2D eigenvalue weighted by Gasteiger charge is 2.52. The zero-order valence-electron chi connectivity index (χ0n) is 20.7. The Morgan fingerprint density at radius 3 is 2.40 bits per heavy atom. The topological polar surface area (TPSA) is 89.7 Å². The van der Waals surface area contributed by atoms with Gasteiger partial charge < -0.3 is 10.5 Å². The zero-order valence-corrected chi connectivity index (χ0v) is 24.7. The van der Waals surface area contributed by atoms with Gasteiger partial charge in [0.2, 0.25) is 5.91 Å². The summed E-state index contributed by atoms with van der Waals surface area (Å²) in [7, 11) is 0. The molecular weight excluding hydrogens is 604 g/mol. The quantitative estimate of drug-likeness (QED) is 0.144. The normalized spacial score (nSPS) is 18.9. The lowest BCUT2D eigenvalue weighted by atomic mass is 10.0. The van der Waals surface area contributed by atoms with Gasteiger partial charge in [0.25, 0.3) is 0 Å². The summed E-state index contributed by atoms with van der Waals surface area (Å²) in [6.07, 6.45) is 1.16. The van der Waals surface area contributed by atoms with Gasteiger partial charge in [-0.25, -0.2) is 4.79 Å². The predicted molar refractivity (Wildman–Crippen MR) is 165 cm³/mol. The number of carbonyl (C=O) groups excluding carboxylic acids is 2. The van der Waals surface area contributed by atoms with E-state index >= 15 is 0 Å². The molecule has 1 fully saturated rings. The van der Waals surface area contributed by atoms with Gasteiger partial charge in [-0.15, -0.1) is 34.4 Å². The Hall–Kier alpha value is -2.86. The molecule has 2 aromatic heterocycles. The minimum Gasteiger partial charge on any atom is -0.448 e. The molecule has 0 saturated carbocycles. The van der Waals surface area contributed by atoms with E-state index in [1.165, 1.54) is 51.1 Å². The number of hydrogen-bond donors (Lipinski definition) is 1. The van der Waals surface area contributed by atoms with Gasteiger partial charge in [-0.1, -0.05) is 84.0 Å². The number of esters is 1. The molecule has 2 atom stereocenters. The molecule has 1 saturated heterocycles. The van der Waals surface area contributed by atoms with Crippen LogP contribution in [0.4, 0.5) is 0 Å². The summed E-state index contributed by atoms with van der Waals surface area (Å²) < 4.78 is 8.36. The maximum Gasteiger partial charge on any atom is 0.356 e. The number of benzene rings is 2. The first kappa shape index (κ1) is 27.3. The molecular formula is C29H21ClN2O4S4. The van der Waals surface area contributed by atoms with E-state index in [0.717, 1.165) is 19.3 Å². The third-order valence-electron chi connectivity index (χ3n) is 6.49. The smallest absolute Gasteiger partial charge is 0.356 e. The monoisotopic (exact) mass is 624 g/mol. The molecule has 6 nitrogen and oxygen atoms in total. The lowest BCUT2D eigenvalue weighted by Crippen LogP contribution is -2.68. The van der Waals surface area contributed by atoms with E-state index in [2.05, 4.69) is 0 Å². The molecule has 0 aliphatic carbocycles. The van der Waals surface area contributed by atoms with Crippen molar-refractivity contribution in [3.63, 3.8) is 0 Å². The van der Waals surface area contributed by atoms with E-state index in [-0.39, 0.29) is 22.4 Å². The van der Waals surface area contributed by atoms with Crippen molar-refractivity contribution in [1.82, 2.24) is 4.90 Å². The summed E-state index contributed by atoms with van der Waals surface area (Å²) in [5, 5.41) is 2.13. The first-order chi connectivity index (χ1) is 19.4. The number of carbonyl (C=O) groups is 2. The number of allylic oxidation sites excluding steroid dienone is 1. The summed E-state index contributed by atoms with van der Waals surface area (Å²) in [6, 6.07) is 21.6. The summed E-state index contributed by atoms with van der Waals surface area (Å²) in [6.45, 7) is 0. The van der Waals surface area contributed by atoms with Crippen molar-refractivity contribution in [3.8, 4) is 0 Å². The van der Waals surface area contributed by atoms with E-state index < -0.39 is 18.1 Å². The molecule has 0 spiro atoms. The average Bonchev–Trinajstić information content (AvgIpc) is 3.36. The highest BCUT2D eigenvalue weighted by Crippen LogP contribution is 2.42. The molecule has 4 heterocycles. The van der Waals surface area contributed by atoms with Gasteiger partial charge in [0.1, 0.15) is 17.1 Å². The van der Waals surface area contributed by atoms with Crippen molar-refractivity contribution >= 4 is 79.1 Å². The van der Waals surface area contributed by atoms with Crippen molar-refractivity contribution in [2.75, 3.05) is 5.75 Å². The van der Waals surface area contributed by atoms with E-state index in [1.54, 1.807) is 12.1 Å². The number of ether oxygens (including phenoxy) is 1. The Balaban J connectivity index is 1.32. The van der Waals surface area contributed by atoms with Gasteiger partial charge in [-0.3, -0.25) is 14.5 Å². The molecule has 6 rings (SSSR count). The largest absolute Gasteiger partial charge is 0.448 e. The number of hydrogen-bond acceptors (Lipinski definition) is 9. The highest BCUT2D eigenvalue weighted by atomic mass is 35.5. The second-order valence-corrected chi connectivity index (χ2v) is 14.3. The predicted octanol–water partition coefficient (Wildman–Crippen LogP) is 6.41. The SMILES string of the molecule is N[C@@H]1C(=O)N2C(C(=O)OC(c3ccccc3)c3ccccc3)=C(C=CSc3cc(=O)c4cc(Cl)sc4s3)CS[C@H]12. The molecule has 0 bridgehead atoms. The summed E-state index contributed by atoms with van der Waals surface area (Å²) in [5.74, 6) is -0.412. The highest BCUT2D eigenvalue weighted by molar-refractivity contribution is 8.04. The van der Waals surface area contributed by atoms with Crippen LogP contribution in [0.2, 0.25) is 4.34 Å². The van der Waals surface area contributed by atoms with Gasteiger partial charge in [0.15, 0.2) is 11.5 Å². The minimum atomic E-state index is -0.659. The summed E-state index contributed by atoms with van der Waals surface area (Å²) in [5.41, 5.74) is 8.49. The van der Waals surface area contributed by atoms with E-state index in [0.29, 0.717) is 21.0 Å². The molecule has 202 valence electrons. The standard InChI is InChI=1S/C29H21ClN2O4S4/c30-21-13-19-20(33)14-22(40-29(19)39-21)37-12-11-18-15-38-27-23(31)26(34)32(27)24(18)28(35)36-25(16-7-3-1-4-8-16)17-9-5-2-6-10-17/h1-14,23,25,27H,15,31H2/t23-,27-/m1/s1. The van der Waals surface area contributed by atoms with Crippen molar-refractivity contribution in [3.05, 3.63) is 121 Å². The molecule has 0 unspecified atom stereocenters.